The van der Waals surface area contributed by atoms with E-state index in [9.17, 15) is 4.79 Å². The molecular weight excluding hydrogens is 368 g/mol. The number of nitrogens with zero attached hydrogens (tertiary/aromatic N) is 3. The predicted octanol–water partition coefficient (Wildman–Crippen LogP) is 4.31. The molecule has 126 valence electrons. The van der Waals surface area contributed by atoms with Crippen molar-refractivity contribution in [2.24, 2.45) is 0 Å². The van der Waals surface area contributed by atoms with Crippen LogP contribution in [0.25, 0.3) is 0 Å². The number of carbonyl (C=O) groups is 1. The highest BCUT2D eigenvalue weighted by atomic mass is 79.9. The van der Waals surface area contributed by atoms with Gasteiger partial charge in [-0.05, 0) is 59.5 Å². The van der Waals surface area contributed by atoms with Crippen LogP contribution in [-0.2, 0) is 0 Å². The van der Waals surface area contributed by atoms with E-state index in [1.54, 1.807) is 12.3 Å². The molecule has 2 aromatic rings. The van der Waals surface area contributed by atoms with Gasteiger partial charge in [-0.1, -0.05) is 18.9 Å². The van der Waals surface area contributed by atoms with E-state index >= 15 is 0 Å². The second-order valence-corrected chi connectivity index (χ2v) is 6.93. The zero-order valence-corrected chi connectivity index (χ0v) is 15.3. The van der Waals surface area contributed by atoms with Crippen LogP contribution in [0, 0.1) is 6.92 Å². The highest BCUT2D eigenvalue weighted by Crippen LogP contribution is 2.25. The van der Waals surface area contributed by atoms with E-state index in [0.717, 1.165) is 36.1 Å². The van der Waals surface area contributed by atoms with E-state index in [2.05, 4.69) is 31.2 Å². The summed E-state index contributed by atoms with van der Waals surface area (Å²) < 4.78 is 0.940. The number of benzene rings is 1. The molecule has 0 aliphatic carbocycles. The van der Waals surface area contributed by atoms with Crippen molar-refractivity contribution in [3.8, 4) is 0 Å². The van der Waals surface area contributed by atoms with Gasteiger partial charge in [0.1, 0.15) is 5.69 Å². The lowest BCUT2D eigenvalue weighted by molar-refractivity contribution is 0.0755. The molecule has 1 aromatic carbocycles. The van der Waals surface area contributed by atoms with Crippen LogP contribution < -0.4 is 5.32 Å². The summed E-state index contributed by atoms with van der Waals surface area (Å²) in [5.41, 5.74) is 2.48. The van der Waals surface area contributed by atoms with Gasteiger partial charge in [-0.2, -0.15) is 0 Å². The van der Waals surface area contributed by atoms with Gasteiger partial charge in [0.25, 0.3) is 5.91 Å². The maximum Gasteiger partial charge on any atom is 0.272 e. The summed E-state index contributed by atoms with van der Waals surface area (Å²) in [6, 6.07) is 7.68. The third-order valence-electron chi connectivity index (χ3n) is 4.14. The van der Waals surface area contributed by atoms with Gasteiger partial charge in [0.2, 0.25) is 5.95 Å². The van der Waals surface area contributed by atoms with Crippen molar-refractivity contribution in [2.75, 3.05) is 18.4 Å². The Hall–Kier alpha value is -1.95. The van der Waals surface area contributed by atoms with Crippen LogP contribution in [-0.4, -0.2) is 33.9 Å². The van der Waals surface area contributed by atoms with Crippen LogP contribution in [0.15, 0.2) is 34.9 Å². The second kappa shape index (κ2) is 7.75. The Morgan fingerprint density at radius 1 is 1.17 bits per heavy atom. The topological polar surface area (TPSA) is 58.1 Å². The largest absolute Gasteiger partial charge is 0.337 e. The van der Waals surface area contributed by atoms with Gasteiger partial charge >= 0.3 is 0 Å². The Balaban J connectivity index is 1.77. The van der Waals surface area contributed by atoms with Crippen LogP contribution in [0.2, 0.25) is 0 Å². The Bertz CT molecular complexity index is 727. The van der Waals surface area contributed by atoms with Gasteiger partial charge in [0.15, 0.2) is 0 Å². The Morgan fingerprint density at radius 3 is 2.62 bits per heavy atom. The van der Waals surface area contributed by atoms with Gasteiger partial charge in [-0.15, -0.1) is 0 Å². The number of halogens is 1. The van der Waals surface area contributed by atoms with Crippen LogP contribution >= 0.6 is 15.9 Å². The minimum absolute atomic E-state index is 0.00896. The fourth-order valence-electron chi connectivity index (χ4n) is 2.82. The Morgan fingerprint density at radius 2 is 1.92 bits per heavy atom. The Kier molecular flexibility index (Phi) is 5.45. The Labute approximate surface area is 150 Å². The van der Waals surface area contributed by atoms with Gasteiger partial charge in [0.05, 0.1) is 5.69 Å². The molecule has 1 aliphatic rings. The number of likely N-dealkylation sites (tertiary alicyclic amines) is 1. The molecule has 0 bridgehead atoms. The molecule has 24 heavy (non-hydrogen) atoms. The number of anilines is 2. The molecular formula is C18H21BrN4O. The van der Waals surface area contributed by atoms with Crippen molar-refractivity contribution in [3.63, 3.8) is 0 Å². The maximum absolute atomic E-state index is 12.7. The molecule has 5 nitrogen and oxygen atoms in total. The first kappa shape index (κ1) is 16.9. The molecule has 1 aromatic heterocycles. The number of hydrogen-bond acceptors (Lipinski definition) is 4. The molecule has 6 heteroatoms. The number of rotatable bonds is 3. The van der Waals surface area contributed by atoms with Crippen molar-refractivity contribution in [2.45, 2.75) is 32.6 Å². The second-order valence-electron chi connectivity index (χ2n) is 6.08. The lowest BCUT2D eigenvalue weighted by Crippen LogP contribution is -2.32. The molecule has 0 unspecified atom stereocenters. The maximum atomic E-state index is 12.7. The van der Waals surface area contributed by atoms with E-state index in [4.69, 9.17) is 0 Å². The molecule has 1 aliphatic heterocycles. The summed E-state index contributed by atoms with van der Waals surface area (Å²) in [6.45, 7) is 3.66. The summed E-state index contributed by atoms with van der Waals surface area (Å²) in [4.78, 5) is 23.2. The first-order chi connectivity index (χ1) is 11.6. The van der Waals surface area contributed by atoms with Crippen molar-refractivity contribution in [3.05, 3.63) is 46.2 Å². The molecule has 2 heterocycles. The van der Waals surface area contributed by atoms with Gasteiger partial charge < -0.3 is 10.2 Å². The minimum Gasteiger partial charge on any atom is -0.337 e. The van der Waals surface area contributed by atoms with Crippen LogP contribution in [0.3, 0.4) is 0 Å². The quantitative estimate of drug-likeness (QED) is 0.850. The standard InChI is InChI=1S/C18H21BrN4O/c1-13-6-7-15(14(19)12-13)21-18-20-9-8-16(22-18)17(24)23-10-4-2-3-5-11-23/h6-9,12H,2-5,10-11H2,1H3,(H,20,21,22). The monoisotopic (exact) mass is 388 g/mol. The van der Waals surface area contributed by atoms with Crippen molar-refractivity contribution < 1.29 is 4.79 Å². The predicted molar refractivity (Wildman–Crippen MR) is 98.6 cm³/mol. The van der Waals surface area contributed by atoms with E-state index in [-0.39, 0.29) is 5.91 Å². The highest BCUT2D eigenvalue weighted by molar-refractivity contribution is 9.10. The normalized spacial score (nSPS) is 15.0. The lowest BCUT2D eigenvalue weighted by atomic mass is 10.2. The van der Waals surface area contributed by atoms with Gasteiger partial charge in [0, 0.05) is 23.8 Å². The summed E-state index contributed by atoms with van der Waals surface area (Å²) in [5, 5.41) is 3.17. The first-order valence-electron chi connectivity index (χ1n) is 8.29. The van der Waals surface area contributed by atoms with E-state index in [0.29, 0.717) is 11.6 Å². The molecule has 0 atom stereocenters. The smallest absolute Gasteiger partial charge is 0.272 e. The molecule has 1 N–H and O–H groups in total. The molecule has 0 radical (unpaired) electrons. The van der Waals surface area contributed by atoms with Crippen LogP contribution in [0.1, 0.15) is 41.7 Å². The zero-order valence-electron chi connectivity index (χ0n) is 13.8. The van der Waals surface area contributed by atoms with Crippen LogP contribution in [0.4, 0.5) is 11.6 Å². The average Bonchev–Trinajstić information content (AvgIpc) is 2.86. The van der Waals surface area contributed by atoms with E-state index in [1.807, 2.05) is 30.0 Å². The van der Waals surface area contributed by atoms with E-state index < -0.39 is 0 Å². The number of nitrogens with one attached hydrogen (secondary N) is 1. The number of amides is 1. The SMILES string of the molecule is Cc1ccc(Nc2nccc(C(=O)N3CCCCCC3)n2)c(Br)c1. The number of aryl methyl sites for hydroxylation is 1. The highest BCUT2D eigenvalue weighted by Gasteiger charge is 2.19. The van der Waals surface area contributed by atoms with Crippen molar-refractivity contribution >= 4 is 33.5 Å². The number of hydrogen-bond donors (Lipinski definition) is 1. The summed E-state index contributed by atoms with van der Waals surface area (Å²) in [5.74, 6) is 0.422. The third-order valence-corrected chi connectivity index (χ3v) is 4.80. The fraction of sp³-hybridized carbons (Fsp3) is 0.389. The molecule has 0 spiro atoms. The zero-order chi connectivity index (χ0) is 16.9. The number of carbonyl (C=O) groups excluding carboxylic acids is 1. The summed E-state index contributed by atoms with van der Waals surface area (Å²) in [6.07, 6.45) is 6.16. The van der Waals surface area contributed by atoms with Gasteiger partial charge in [-0.3, -0.25) is 4.79 Å². The first-order valence-corrected chi connectivity index (χ1v) is 9.08. The molecule has 0 saturated carbocycles. The van der Waals surface area contributed by atoms with E-state index in [1.165, 1.54) is 18.4 Å². The van der Waals surface area contributed by atoms with Gasteiger partial charge in [-0.25, -0.2) is 9.97 Å². The fourth-order valence-corrected chi connectivity index (χ4v) is 3.41. The molecule has 1 saturated heterocycles. The van der Waals surface area contributed by atoms with Crippen LogP contribution in [0.5, 0.6) is 0 Å². The third kappa shape index (κ3) is 4.12. The van der Waals surface area contributed by atoms with Crippen molar-refractivity contribution in [1.82, 2.24) is 14.9 Å². The number of aromatic nitrogens is 2. The minimum atomic E-state index is -0.00896. The summed E-state index contributed by atoms with van der Waals surface area (Å²) in [7, 11) is 0. The summed E-state index contributed by atoms with van der Waals surface area (Å²) >= 11 is 3.53. The van der Waals surface area contributed by atoms with Crippen molar-refractivity contribution in [1.29, 1.82) is 0 Å². The lowest BCUT2D eigenvalue weighted by Gasteiger charge is -2.19. The molecule has 1 fully saturated rings. The molecule has 1 amide bonds. The molecule has 3 rings (SSSR count). The average molecular weight is 389 g/mol.